The van der Waals surface area contributed by atoms with Crippen LogP contribution in [-0.4, -0.2) is 12.9 Å². The van der Waals surface area contributed by atoms with Crippen LogP contribution in [0, 0.1) is 6.92 Å². The summed E-state index contributed by atoms with van der Waals surface area (Å²) in [5.74, 6) is 2.84. The minimum atomic E-state index is 0.333. The number of hydrogen-bond acceptors (Lipinski definition) is 2. The van der Waals surface area contributed by atoms with Crippen LogP contribution in [0.25, 0.3) is 0 Å². The van der Waals surface area contributed by atoms with Gasteiger partial charge in [0.2, 0.25) is 0 Å². The number of ether oxygens (including phenoxy) is 1. The Morgan fingerprint density at radius 2 is 2.00 bits per heavy atom. The number of methoxy groups -OCH3 is 1. The van der Waals surface area contributed by atoms with Crippen molar-refractivity contribution < 1.29 is 4.74 Å². The SMILES string of the molecule is COc1cc(C)c(C2(C)CCS2)cc1C(C)C. The summed E-state index contributed by atoms with van der Waals surface area (Å²) in [7, 11) is 1.76. The molecule has 0 aromatic heterocycles. The van der Waals surface area contributed by atoms with Crippen LogP contribution in [0.3, 0.4) is 0 Å². The number of aryl methyl sites for hydroxylation is 1. The summed E-state index contributed by atoms with van der Waals surface area (Å²) in [4.78, 5) is 0. The van der Waals surface area contributed by atoms with E-state index in [1.807, 2.05) is 0 Å². The Hall–Kier alpha value is -0.630. The topological polar surface area (TPSA) is 9.23 Å². The van der Waals surface area contributed by atoms with Crippen LogP contribution < -0.4 is 4.74 Å². The Labute approximate surface area is 109 Å². The highest BCUT2D eigenvalue weighted by Crippen LogP contribution is 2.51. The first kappa shape index (κ1) is 12.8. The molecule has 0 aliphatic carbocycles. The van der Waals surface area contributed by atoms with E-state index in [1.54, 1.807) is 7.11 Å². The molecule has 1 aromatic carbocycles. The van der Waals surface area contributed by atoms with Crippen molar-refractivity contribution in [2.45, 2.75) is 44.8 Å². The van der Waals surface area contributed by atoms with Crippen LogP contribution in [0.4, 0.5) is 0 Å². The van der Waals surface area contributed by atoms with Gasteiger partial charge in [0, 0.05) is 4.75 Å². The van der Waals surface area contributed by atoms with Crippen molar-refractivity contribution in [1.82, 2.24) is 0 Å². The normalized spacial score (nSPS) is 23.6. The molecule has 0 N–H and O–H groups in total. The van der Waals surface area contributed by atoms with E-state index in [-0.39, 0.29) is 0 Å². The summed E-state index contributed by atoms with van der Waals surface area (Å²) >= 11 is 2.07. The second kappa shape index (κ2) is 4.56. The van der Waals surface area contributed by atoms with Crippen molar-refractivity contribution in [3.05, 3.63) is 28.8 Å². The van der Waals surface area contributed by atoms with E-state index >= 15 is 0 Å². The molecule has 1 aromatic rings. The van der Waals surface area contributed by atoms with Gasteiger partial charge in [-0.25, -0.2) is 0 Å². The number of rotatable bonds is 3. The first-order valence-corrected chi connectivity index (χ1v) is 7.29. The second-order valence-corrected chi connectivity index (χ2v) is 6.99. The zero-order valence-corrected chi connectivity index (χ0v) is 12.3. The molecule has 1 aliphatic heterocycles. The molecule has 0 spiro atoms. The van der Waals surface area contributed by atoms with Gasteiger partial charge in [-0.05, 0) is 54.7 Å². The molecular formula is C15H22OS. The first-order chi connectivity index (χ1) is 7.98. The summed E-state index contributed by atoms with van der Waals surface area (Å²) in [5.41, 5.74) is 4.20. The summed E-state index contributed by atoms with van der Waals surface area (Å²) in [6.45, 7) is 9.02. The molecule has 17 heavy (non-hydrogen) atoms. The summed E-state index contributed by atoms with van der Waals surface area (Å²) in [6, 6.07) is 4.57. The van der Waals surface area contributed by atoms with Crippen molar-refractivity contribution in [3.63, 3.8) is 0 Å². The van der Waals surface area contributed by atoms with Crippen molar-refractivity contribution >= 4 is 11.8 Å². The van der Waals surface area contributed by atoms with Gasteiger partial charge in [0.1, 0.15) is 5.75 Å². The molecule has 1 aliphatic rings. The highest BCUT2D eigenvalue weighted by Gasteiger charge is 2.36. The van der Waals surface area contributed by atoms with Crippen molar-refractivity contribution in [2.24, 2.45) is 0 Å². The summed E-state index contributed by atoms with van der Waals surface area (Å²) in [5, 5.41) is 0. The Bertz CT molecular complexity index is 419. The van der Waals surface area contributed by atoms with Gasteiger partial charge in [-0.2, -0.15) is 11.8 Å². The van der Waals surface area contributed by atoms with Crippen LogP contribution in [0.15, 0.2) is 12.1 Å². The third kappa shape index (κ3) is 2.20. The third-order valence-corrected chi connectivity index (χ3v) is 5.24. The van der Waals surface area contributed by atoms with E-state index in [0.717, 1.165) is 5.75 Å². The molecule has 1 heterocycles. The fraction of sp³-hybridized carbons (Fsp3) is 0.600. The molecule has 1 unspecified atom stereocenters. The minimum Gasteiger partial charge on any atom is -0.496 e. The maximum absolute atomic E-state index is 5.50. The molecule has 0 saturated carbocycles. The first-order valence-electron chi connectivity index (χ1n) is 6.31. The predicted molar refractivity (Wildman–Crippen MR) is 76.2 cm³/mol. The van der Waals surface area contributed by atoms with Gasteiger partial charge in [-0.15, -0.1) is 0 Å². The average molecular weight is 250 g/mol. The molecule has 2 rings (SSSR count). The minimum absolute atomic E-state index is 0.333. The van der Waals surface area contributed by atoms with E-state index in [0.29, 0.717) is 10.7 Å². The smallest absolute Gasteiger partial charge is 0.122 e. The van der Waals surface area contributed by atoms with E-state index < -0.39 is 0 Å². The Morgan fingerprint density at radius 3 is 2.41 bits per heavy atom. The van der Waals surface area contributed by atoms with E-state index in [9.17, 15) is 0 Å². The second-order valence-electron chi connectivity index (χ2n) is 5.39. The van der Waals surface area contributed by atoms with Crippen LogP contribution in [-0.2, 0) is 4.75 Å². The Morgan fingerprint density at radius 1 is 1.35 bits per heavy atom. The van der Waals surface area contributed by atoms with E-state index in [1.165, 1.54) is 28.9 Å². The monoisotopic (exact) mass is 250 g/mol. The lowest BCUT2D eigenvalue weighted by atomic mass is 9.88. The van der Waals surface area contributed by atoms with E-state index in [2.05, 4.69) is 51.6 Å². The molecular weight excluding hydrogens is 228 g/mol. The standard InChI is InChI=1S/C15H22OS/c1-10(2)12-9-13(15(4)6-7-17-15)11(3)8-14(12)16-5/h8-10H,6-7H2,1-5H3. The fourth-order valence-corrected chi connectivity index (χ4v) is 3.71. The predicted octanol–water partition coefficient (Wildman–Crippen LogP) is 4.48. The molecule has 0 radical (unpaired) electrons. The van der Waals surface area contributed by atoms with Gasteiger partial charge in [-0.3, -0.25) is 0 Å². The van der Waals surface area contributed by atoms with Gasteiger partial charge < -0.3 is 4.74 Å². The van der Waals surface area contributed by atoms with Crippen LogP contribution >= 0.6 is 11.8 Å². The molecule has 94 valence electrons. The molecule has 1 atom stereocenters. The largest absolute Gasteiger partial charge is 0.496 e. The zero-order chi connectivity index (χ0) is 12.6. The molecule has 0 amide bonds. The van der Waals surface area contributed by atoms with Crippen LogP contribution in [0.1, 0.15) is 49.8 Å². The molecule has 1 fully saturated rings. The van der Waals surface area contributed by atoms with E-state index in [4.69, 9.17) is 4.74 Å². The average Bonchev–Trinajstić information content (AvgIpc) is 2.25. The quantitative estimate of drug-likeness (QED) is 0.782. The highest BCUT2D eigenvalue weighted by atomic mass is 32.2. The third-order valence-electron chi connectivity index (χ3n) is 3.77. The fourth-order valence-electron chi connectivity index (χ4n) is 2.52. The lowest BCUT2D eigenvalue weighted by Crippen LogP contribution is -2.29. The summed E-state index contributed by atoms with van der Waals surface area (Å²) < 4.78 is 5.83. The maximum atomic E-state index is 5.50. The molecule has 0 bridgehead atoms. The molecule has 2 heteroatoms. The van der Waals surface area contributed by atoms with Gasteiger partial charge in [-0.1, -0.05) is 19.9 Å². The van der Waals surface area contributed by atoms with Crippen molar-refractivity contribution in [1.29, 1.82) is 0 Å². The Kier molecular flexibility index (Phi) is 3.44. The van der Waals surface area contributed by atoms with Crippen molar-refractivity contribution in [2.75, 3.05) is 12.9 Å². The number of benzene rings is 1. The molecule has 1 saturated heterocycles. The lowest BCUT2D eigenvalue weighted by molar-refractivity contribution is 0.406. The zero-order valence-electron chi connectivity index (χ0n) is 11.5. The van der Waals surface area contributed by atoms with Gasteiger partial charge in [0.05, 0.1) is 7.11 Å². The Balaban J connectivity index is 2.50. The maximum Gasteiger partial charge on any atom is 0.122 e. The number of hydrogen-bond donors (Lipinski definition) is 0. The van der Waals surface area contributed by atoms with Crippen molar-refractivity contribution in [3.8, 4) is 5.75 Å². The van der Waals surface area contributed by atoms with Crippen LogP contribution in [0.5, 0.6) is 5.75 Å². The highest BCUT2D eigenvalue weighted by molar-refractivity contribution is 8.01. The van der Waals surface area contributed by atoms with Crippen LogP contribution in [0.2, 0.25) is 0 Å². The van der Waals surface area contributed by atoms with Gasteiger partial charge >= 0.3 is 0 Å². The number of thioether (sulfide) groups is 1. The lowest BCUT2D eigenvalue weighted by Gasteiger charge is -2.39. The van der Waals surface area contributed by atoms with Gasteiger partial charge in [0.25, 0.3) is 0 Å². The summed E-state index contributed by atoms with van der Waals surface area (Å²) in [6.07, 6.45) is 1.29. The van der Waals surface area contributed by atoms with Gasteiger partial charge in [0.15, 0.2) is 0 Å². The molecule has 1 nitrogen and oxygen atoms in total.